The number of rotatable bonds is 6. The van der Waals surface area contributed by atoms with E-state index in [0.29, 0.717) is 3.57 Å². The van der Waals surface area contributed by atoms with Crippen LogP contribution in [0.2, 0.25) is 0 Å². The number of benzene rings is 2. The Morgan fingerprint density at radius 1 is 1.04 bits per heavy atom. The van der Waals surface area contributed by atoms with Crippen LogP contribution in [0.1, 0.15) is 12.5 Å². The summed E-state index contributed by atoms with van der Waals surface area (Å²) in [7, 11) is -4.55. The molecule has 2 rings (SSSR count). The van der Waals surface area contributed by atoms with Gasteiger partial charge >= 0.3 is 6.18 Å². The predicted molar refractivity (Wildman–Crippen MR) is 100.0 cm³/mol. The van der Waals surface area contributed by atoms with Gasteiger partial charge in [0.05, 0.1) is 16.9 Å². The second-order valence-corrected chi connectivity index (χ2v) is 8.07. The lowest BCUT2D eigenvalue weighted by molar-refractivity contribution is -0.137. The third-order valence-electron chi connectivity index (χ3n) is 3.29. The second kappa shape index (κ2) is 8.32. The molecule has 5 nitrogen and oxygen atoms in total. The maximum Gasteiger partial charge on any atom is 0.418 e. The topological polar surface area (TPSA) is 70.2 Å². The molecular weight excluding hydrogens is 527 g/mol. The SMILES string of the molecule is CCNS(=O)(=O)Nc1c(C(F)(F)F)cc(F)c(F)c1Nc1ccc(I)cc1F. The summed E-state index contributed by atoms with van der Waals surface area (Å²) in [4.78, 5) is 0. The highest BCUT2D eigenvalue weighted by Gasteiger charge is 2.38. The van der Waals surface area contributed by atoms with E-state index in [2.05, 4.69) is 0 Å². The summed E-state index contributed by atoms with van der Waals surface area (Å²) in [6.07, 6.45) is -5.24. The number of nitrogens with one attached hydrogen (secondary N) is 3. The molecule has 3 N–H and O–H groups in total. The van der Waals surface area contributed by atoms with Crippen molar-refractivity contribution in [1.29, 1.82) is 0 Å². The maximum atomic E-state index is 14.3. The molecule has 0 aliphatic carbocycles. The molecule has 28 heavy (non-hydrogen) atoms. The first-order valence-corrected chi connectivity index (χ1v) is 10.0. The molecule has 0 unspecified atom stereocenters. The zero-order valence-corrected chi connectivity index (χ0v) is 16.9. The van der Waals surface area contributed by atoms with E-state index in [1.165, 1.54) is 17.7 Å². The Hall–Kier alpha value is -1.74. The zero-order chi connectivity index (χ0) is 21.3. The summed E-state index contributed by atoms with van der Waals surface area (Å²) < 4.78 is 110. The van der Waals surface area contributed by atoms with Crippen LogP contribution in [0.4, 0.5) is 43.4 Å². The van der Waals surface area contributed by atoms with Crippen LogP contribution in [-0.2, 0) is 16.4 Å². The Labute approximate surface area is 169 Å². The van der Waals surface area contributed by atoms with Crippen LogP contribution in [-0.4, -0.2) is 15.0 Å². The number of alkyl halides is 3. The molecule has 0 atom stereocenters. The van der Waals surface area contributed by atoms with Crippen LogP contribution >= 0.6 is 22.6 Å². The van der Waals surface area contributed by atoms with Gasteiger partial charge in [0.15, 0.2) is 11.6 Å². The van der Waals surface area contributed by atoms with Crippen LogP contribution in [0.15, 0.2) is 24.3 Å². The molecule has 0 spiro atoms. The Bertz CT molecular complexity index is 998. The van der Waals surface area contributed by atoms with E-state index < -0.39 is 56.5 Å². The van der Waals surface area contributed by atoms with Crippen LogP contribution in [0.5, 0.6) is 0 Å². The summed E-state index contributed by atoms with van der Waals surface area (Å²) >= 11 is 1.76. The van der Waals surface area contributed by atoms with Crippen molar-refractivity contribution in [3.8, 4) is 0 Å². The van der Waals surface area contributed by atoms with Crippen molar-refractivity contribution in [3.05, 3.63) is 50.9 Å². The zero-order valence-electron chi connectivity index (χ0n) is 13.9. The van der Waals surface area contributed by atoms with Crippen molar-refractivity contribution in [2.75, 3.05) is 16.6 Å². The molecule has 0 heterocycles. The van der Waals surface area contributed by atoms with Crippen LogP contribution < -0.4 is 14.8 Å². The summed E-state index contributed by atoms with van der Waals surface area (Å²) in [5.41, 5.74) is -4.80. The van der Waals surface area contributed by atoms with E-state index >= 15 is 0 Å². The third-order valence-corrected chi connectivity index (χ3v) is 5.10. The molecule has 0 aromatic heterocycles. The van der Waals surface area contributed by atoms with Gasteiger partial charge in [-0.1, -0.05) is 6.92 Å². The van der Waals surface area contributed by atoms with Gasteiger partial charge in [-0.3, -0.25) is 4.72 Å². The molecule has 13 heteroatoms. The normalized spacial score (nSPS) is 12.1. The number of hydrogen-bond acceptors (Lipinski definition) is 3. The average Bonchev–Trinajstić information content (AvgIpc) is 2.54. The molecule has 0 bridgehead atoms. The fourth-order valence-corrected chi connectivity index (χ4v) is 3.55. The van der Waals surface area contributed by atoms with Gasteiger partial charge in [0.2, 0.25) is 0 Å². The number of halogens is 7. The van der Waals surface area contributed by atoms with E-state index in [1.807, 2.05) is 10.0 Å². The van der Waals surface area contributed by atoms with Crippen molar-refractivity contribution in [2.45, 2.75) is 13.1 Å². The summed E-state index contributed by atoms with van der Waals surface area (Å²) in [5, 5.41) is 2.01. The largest absolute Gasteiger partial charge is 0.418 e. The Balaban J connectivity index is 2.72. The van der Waals surface area contributed by atoms with Crippen molar-refractivity contribution < 1.29 is 34.8 Å². The van der Waals surface area contributed by atoms with Crippen molar-refractivity contribution in [2.24, 2.45) is 0 Å². The molecule has 0 aliphatic heterocycles. The van der Waals surface area contributed by atoms with E-state index in [1.54, 1.807) is 22.6 Å². The molecule has 0 saturated heterocycles. The number of hydrogen-bond donors (Lipinski definition) is 3. The fraction of sp³-hybridized carbons (Fsp3) is 0.200. The first-order valence-electron chi connectivity index (χ1n) is 7.44. The molecule has 2 aromatic carbocycles. The summed E-state index contributed by atoms with van der Waals surface area (Å²) in [6.45, 7) is 1.17. The van der Waals surface area contributed by atoms with Crippen molar-refractivity contribution in [3.63, 3.8) is 0 Å². The summed E-state index contributed by atoms with van der Waals surface area (Å²) in [5.74, 6) is -4.68. The molecule has 0 radical (unpaired) electrons. The van der Waals surface area contributed by atoms with Gasteiger partial charge in [0, 0.05) is 10.1 Å². The first kappa shape index (κ1) is 22.5. The lowest BCUT2D eigenvalue weighted by Crippen LogP contribution is -2.31. The minimum absolute atomic E-state index is 0.186. The lowest BCUT2D eigenvalue weighted by atomic mass is 10.1. The van der Waals surface area contributed by atoms with Gasteiger partial charge in [0.1, 0.15) is 11.5 Å². The molecule has 0 aliphatic rings. The molecule has 0 saturated carbocycles. The van der Waals surface area contributed by atoms with E-state index in [9.17, 15) is 34.8 Å². The van der Waals surface area contributed by atoms with Gasteiger partial charge in [-0.05, 0) is 46.9 Å². The Morgan fingerprint density at radius 3 is 2.21 bits per heavy atom. The molecule has 154 valence electrons. The van der Waals surface area contributed by atoms with Gasteiger partial charge in [-0.15, -0.1) is 0 Å². The van der Waals surface area contributed by atoms with Gasteiger partial charge < -0.3 is 5.32 Å². The minimum Gasteiger partial charge on any atom is -0.349 e. The average molecular weight is 539 g/mol. The van der Waals surface area contributed by atoms with E-state index in [0.717, 1.165) is 12.1 Å². The molecule has 2 aromatic rings. The fourth-order valence-electron chi connectivity index (χ4n) is 2.16. The second-order valence-electron chi connectivity index (χ2n) is 5.32. The van der Waals surface area contributed by atoms with Crippen molar-refractivity contribution >= 4 is 49.9 Å². The highest BCUT2D eigenvalue weighted by Crippen LogP contribution is 2.42. The van der Waals surface area contributed by atoms with Crippen molar-refractivity contribution in [1.82, 2.24) is 4.72 Å². The predicted octanol–water partition coefficient (Wildman–Crippen LogP) is 4.74. The third kappa shape index (κ3) is 5.20. The monoisotopic (exact) mass is 539 g/mol. The lowest BCUT2D eigenvalue weighted by Gasteiger charge is -2.20. The van der Waals surface area contributed by atoms with E-state index in [4.69, 9.17) is 0 Å². The Morgan fingerprint density at radius 2 is 1.68 bits per heavy atom. The first-order chi connectivity index (χ1) is 12.9. The molecule has 0 fully saturated rings. The van der Waals surface area contributed by atoms with Gasteiger partial charge in [-0.2, -0.15) is 26.3 Å². The number of anilines is 3. The Kier molecular flexibility index (Phi) is 6.70. The molecular formula is C15H12F6IN3O2S. The van der Waals surface area contributed by atoms with Crippen LogP contribution in [0, 0.1) is 21.0 Å². The molecule has 0 amide bonds. The van der Waals surface area contributed by atoms with Gasteiger partial charge in [0.25, 0.3) is 10.2 Å². The minimum atomic E-state index is -5.24. The van der Waals surface area contributed by atoms with Crippen LogP contribution in [0.3, 0.4) is 0 Å². The maximum absolute atomic E-state index is 14.3. The highest BCUT2D eigenvalue weighted by atomic mass is 127. The van der Waals surface area contributed by atoms with Gasteiger partial charge in [-0.25, -0.2) is 13.2 Å². The summed E-state index contributed by atoms with van der Waals surface area (Å²) in [6, 6.07) is 3.25. The standard InChI is InChI=1S/C15H12F6IN3O2S/c1-2-23-28(26,27)25-13-8(15(19,20)21)6-10(17)12(18)14(13)24-11-4-3-7(22)5-9(11)16/h3-6,23-25H,2H2,1H3. The quantitative estimate of drug-likeness (QED) is 0.367. The van der Waals surface area contributed by atoms with E-state index in [-0.39, 0.29) is 12.6 Å². The highest BCUT2D eigenvalue weighted by molar-refractivity contribution is 14.1. The van der Waals surface area contributed by atoms with Crippen LogP contribution in [0.25, 0.3) is 0 Å². The smallest absolute Gasteiger partial charge is 0.349 e.